The summed E-state index contributed by atoms with van der Waals surface area (Å²) >= 11 is 0. The molecule has 2 amide bonds. The van der Waals surface area contributed by atoms with Crippen molar-refractivity contribution in [2.75, 3.05) is 19.5 Å². The second-order valence-electron chi connectivity index (χ2n) is 5.93. The Labute approximate surface area is 161 Å². The van der Waals surface area contributed by atoms with Crippen molar-refractivity contribution in [1.29, 1.82) is 0 Å². The molecule has 1 rings (SSSR count). The molecule has 0 saturated carbocycles. The van der Waals surface area contributed by atoms with Gasteiger partial charge in [-0.2, -0.15) is 0 Å². The summed E-state index contributed by atoms with van der Waals surface area (Å²) in [7, 11) is 2.10. The number of carbonyl (C=O) groups excluding carboxylic acids is 4. The van der Waals surface area contributed by atoms with E-state index in [2.05, 4.69) is 20.1 Å². The third-order valence-electron chi connectivity index (χ3n) is 3.98. The van der Waals surface area contributed by atoms with Crippen LogP contribution in [0.2, 0.25) is 0 Å². The van der Waals surface area contributed by atoms with E-state index in [0.29, 0.717) is 5.69 Å². The molecule has 10 nitrogen and oxygen atoms in total. The number of carboxylic acids is 1. The van der Waals surface area contributed by atoms with Gasteiger partial charge in [0.05, 0.1) is 14.2 Å². The molecule has 1 aromatic rings. The zero-order chi connectivity index (χ0) is 21.4. The van der Waals surface area contributed by atoms with Gasteiger partial charge in [-0.15, -0.1) is 0 Å². The third-order valence-corrected chi connectivity index (χ3v) is 3.98. The van der Waals surface area contributed by atoms with Crippen molar-refractivity contribution >= 4 is 35.4 Å². The average Bonchev–Trinajstić information content (AvgIpc) is 2.65. The van der Waals surface area contributed by atoms with Crippen LogP contribution in [-0.2, 0) is 28.7 Å². The maximum atomic E-state index is 12.4. The smallest absolute Gasteiger partial charge is 0.326 e. The lowest BCUT2D eigenvalue weighted by molar-refractivity contribution is -0.162. The number of carbonyl (C=O) groups is 5. The summed E-state index contributed by atoms with van der Waals surface area (Å²) in [6.07, 6.45) is 0. The van der Waals surface area contributed by atoms with Gasteiger partial charge in [-0.1, -0.05) is 6.92 Å². The number of hydrogen-bond acceptors (Lipinski definition) is 7. The van der Waals surface area contributed by atoms with Gasteiger partial charge in [-0.3, -0.25) is 19.2 Å². The van der Waals surface area contributed by atoms with Crippen LogP contribution in [-0.4, -0.2) is 55.1 Å². The van der Waals surface area contributed by atoms with Crippen LogP contribution in [0, 0.1) is 11.8 Å². The number of methoxy groups -OCH3 is 2. The maximum Gasteiger partial charge on any atom is 0.326 e. The molecule has 2 atom stereocenters. The molecule has 0 aliphatic rings. The molecule has 0 unspecified atom stereocenters. The van der Waals surface area contributed by atoms with E-state index in [1.54, 1.807) is 0 Å². The Morgan fingerprint density at radius 3 is 1.86 bits per heavy atom. The molecule has 0 radical (unpaired) electrons. The van der Waals surface area contributed by atoms with E-state index in [1.165, 1.54) is 38.1 Å². The largest absolute Gasteiger partial charge is 0.480 e. The number of hydrogen-bond donors (Lipinski definition) is 3. The van der Waals surface area contributed by atoms with Crippen LogP contribution in [0.1, 0.15) is 24.2 Å². The predicted octanol–water partition coefficient (Wildman–Crippen LogP) is 0.426. The first kappa shape index (κ1) is 22.6. The van der Waals surface area contributed by atoms with E-state index >= 15 is 0 Å². The topological polar surface area (TPSA) is 148 Å². The lowest BCUT2D eigenvalue weighted by atomic mass is 9.87. The number of ether oxygens (including phenoxy) is 2. The van der Waals surface area contributed by atoms with Gasteiger partial charge >= 0.3 is 17.9 Å². The lowest BCUT2D eigenvalue weighted by Gasteiger charge is -2.26. The summed E-state index contributed by atoms with van der Waals surface area (Å²) in [6.45, 7) is 2.65. The van der Waals surface area contributed by atoms with Crippen LogP contribution >= 0.6 is 0 Å². The molecule has 0 heterocycles. The molecule has 0 fully saturated rings. The number of nitrogens with one attached hydrogen (secondary N) is 2. The van der Waals surface area contributed by atoms with Gasteiger partial charge in [0.2, 0.25) is 5.91 Å². The summed E-state index contributed by atoms with van der Waals surface area (Å²) in [6, 6.07) is 4.17. The van der Waals surface area contributed by atoms with E-state index in [1.807, 2.05) is 0 Å². The van der Waals surface area contributed by atoms with Gasteiger partial charge in [0, 0.05) is 24.1 Å². The molecule has 3 N–H and O–H groups in total. The summed E-state index contributed by atoms with van der Waals surface area (Å²) in [5, 5.41) is 14.3. The van der Waals surface area contributed by atoms with Crippen molar-refractivity contribution < 1.29 is 38.6 Å². The highest BCUT2D eigenvalue weighted by Crippen LogP contribution is 2.20. The molecular formula is C18H22N2O8. The molecule has 0 aliphatic heterocycles. The molecule has 0 bridgehead atoms. The van der Waals surface area contributed by atoms with Crippen molar-refractivity contribution in [3.63, 3.8) is 0 Å². The van der Waals surface area contributed by atoms with E-state index in [4.69, 9.17) is 0 Å². The van der Waals surface area contributed by atoms with Gasteiger partial charge in [-0.05, 0) is 24.3 Å². The predicted molar refractivity (Wildman–Crippen MR) is 96.3 cm³/mol. The zero-order valence-electron chi connectivity index (χ0n) is 15.8. The normalized spacial score (nSPS) is 12.5. The molecule has 152 valence electrons. The van der Waals surface area contributed by atoms with Gasteiger partial charge < -0.3 is 25.2 Å². The molecule has 28 heavy (non-hydrogen) atoms. The highest BCUT2D eigenvalue weighted by molar-refractivity contribution is 5.99. The fourth-order valence-electron chi connectivity index (χ4n) is 2.52. The molecule has 0 saturated heterocycles. The van der Waals surface area contributed by atoms with Crippen molar-refractivity contribution in [1.82, 2.24) is 5.32 Å². The first-order valence-corrected chi connectivity index (χ1v) is 8.19. The number of esters is 2. The van der Waals surface area contributed by atoms with Crippen molar-refractivity contribution in [3.8, 4) is 0 Å². The van der Waals surface area contributed by atoms with E-state index in [0.717, 1.165) is 14.2 Å². The summed E-state index contributed by atoms with van der Waals surface area (Å²) in [5.74, 6) is -7.08. The average molecular weight is 394 g/mol. The number of carboxylic acid groups (broad SMARTS) is 1. The highest BCUT2D eigenvalue weighted by atomic mass is 16.5. The summed E-state index contributed by atoms with van der Waals surface area (Å²) in [4.78, 5) is 58.9. The third kappa shape index (κ3) is 5.79. The van der Waals surface area contributed by atoms with Crippen molar-refractivity contribution in [2.24, 2.45) is 11.8 Å². The van der Waals surface area contributed by atoms with Crippen LogP contribution in [0.15, 0.2) is 24.3 Å². The van der Waals surface area contributed by atoms with Gasteiger partial charge in [0.25, 0.3) is 5.91 Å². The first-order chi connectivity index (χ1) is 13.1. The number of rotatable bonds is 8. The van der Waals surface area contributed by atoms with Crippen LogP contribution in [0.4, 0.5) is 5.69 Å². The standard InChI is InChI=1S/C18H22N2O8/c1-9(13(17(25)27-3)18(26)28-4)14(16(23)24)20-15(22)11-5-7-12(8-6-11)19-10(2)21/h5-9,13-14H,1-4H3,(H,19,21)(H,20,22)(H,23,24)/t9-,14+/m1/s1. The second kappa shape index (κ2) is 10.0. The number of anilines is 1. The molecule has 0 aromatic heterocycles. The Kier molecular flexibility index (Phi) is 8.11. The van der Waals surface area contributed by atoms with Crippen LogP contribution in [0.3, 0.4) is 0 Å². The Morgan fingerprint density at radius 2 is 1.46 bits per heavy atom. The monoisotopic (exact) mass is 394 g/mol. The fraction of sp³-hybridized carbons (Fsp3) is 0.389. The lowest BCUT2D eigenvalue weighted by Crippen LogP contribution is -2.50. The molecular weight excluding hydrogens is 372 g/mol. The summed E-state index contributed by atoms with van der Waals surface area (Å²) < 4.78 is 9.08. The number of amides is 2. The van der Waals surface area contributed by atoms with Gasteiger partial charge in [-0.25, -0.2) is 4.79 Å². The van der Waals surface area contributed by atoms with Crippen molar-refractivity contribution in [3.05, 3.63) is 29.8 Å². The molecule has 1 aromatic carbocycles. The van der Waals surface area contributed by atoms with Crippen LogP contribution < -0.4 is 10.6 Å². The molecule has 10 heteroatoms. The Balaban J connectivity index is 3.03. The van der Waals surface area contributed by atoms with Crippen LogP contribution in [0.25, 0.3) is 0 Å². The second-order valence-corrected chi connectivity index (χ2v) is 5.93. The Bertz CT molecular complexity index is 743. The minimum absolute atomic E-state index is 0.125. The van der Waals surface area contributed by atoms with Gasteiger partial charge in [0.15, 0.2) is 5.92 Å². The fourth-order valence-corrected chi connectivity index (χ4v) is 2.52. The number of benzene rings is 1. The van der Waals surface area contributed by atoms with E-state index < -0.39 is 41.7 Å². The Hall–Kier alpha value is -3.43. The minimum atomic E-state index is -1.56. The molecule has 0 spiro atoms. The zero-order valence-corrected chi connectivity index (χ0v) is 15.8. The van der Waals surface area contributed by atoms with E-state index in [9.17, 15) is 29.1 Å². The Morgan fingerprint density at radius 1 is 0.964 bits per heavy atom. The van der Waals surface area contributed by atoms with Crippen LogP contribution in [0.5, 0.6) is 0 Å². The number of aliphatic carboxylic acids is 1. The summed E-state index contributed by atoms with van der Waals surface area (Å²) in [5.41, 5.74) is 0.587. The highest BCUT2D eigenvalue weighted by Gasteiger charge is 2.42. The minimum Gasteiger partial charge on any atom is -0.480 e. The van der Waals surface area contributed by atoms with Gasteiger partial charge in [0.1, 0.15) is 6.04 Å². The quantitative estimate of drug-likeness (QED) is 0.424. The SMILES string of the molecule is COC(=O)C(C(=O)OC)[C@@H](C)[C@H](NC(=O)c1ccc(NC(C)=O)cc1)C(=O)O. The van der Waals surface area contributed by atoms with Crippen molar-refractivity contribution in [2.45, 2.75) is 19.9 Å². The maximum absolute atomic E-state index is 12.4. The first-order valence-electron chi connectivity index (χ1n) is 8.19. The molecule has 0 aliphatic carbocycles. The van der Waals surface area contributed by atoms with E-state index in [-0.39, 0.29) is 11.5 Å².